The van der Waals surface area contributed by atoms with Crippen LogP contribution in [0.4, 0.5) is 0 Å². The zero-order valence-electron chi connectivity index (χ0n) is 12.3. The first-order chi connectivity index (χ1) is 8.95. The summed E-state index contributed by atoms with van der Waals surface area (Å²) in [6.07, 6.45) is 5.42. The number of hydrogen-bond donors (Lipinski definition) is 0. The molecule has 0 saturated heterocycles. The Bertz CT molecular complexity index is 341. The first-order valence-electron chi connectivity index (χ1n) is 6.83. The number of rotatable bonds is 9. The van der Waals surface area contributed by atoms with E-state index in [1.165, 1.54) is 13.8 Å². The second-order valence-corrected chi connectivity index (χ2v) is 4.53. The van der Waals surface area contributed by atoms with Crippen LogP contribution in [0.1, 0.15) is 53.4 Å². The summed E-state index contributed by atoms with van der Waals surface area (Å²) in [6, 6.07) is 0. The fourth-order valence-electron chi connectivity index (χ4n) is 1.91. The fourth-order valence-corrected chi connectivity index (χ4v) is 1.91. The third kappa shape index (κ3) is 6.32. The second kappa shape index (κ2) is 9.48. The summed E-state index contributed by atoms with van der Waals surface area (Å²) in [4.78, 5) is 35.0. The lowest BCUT2D eigenvalue weighted by Gasteiger charge is -2.14. The van der Waals surface area contributed by atoms with Crippen molar-refractivity contribution in [3.05, 3.63) is 11.6 Å². The molecule has 0 aliphatic rings. The Morgan fingerprint density at radius 3 is 2.05 bits per heavy atom. The number of unbranched alkanes of at least 4 members (excludes halogenated alkanes) is 3. The van der Waals surface area contributed by atoms with Gasteiger partial charge >= 0.3 is 5.97 Å². The van der Waals surface area contributed by atoms with Crippen molar-refractivity contribution < 1.29 is 19.1 Å². The average molecular weight is 268 g/mol. The SMILES string of the molecule is CCCCC/C=C(/C(=O)OCC)C(C(C)=O)C(C)=O. The van der Waals surface area contributed by atoms with Gasteiger partial charge in [-0.05, 0) is 33.6 Å². The van der Waals surface area contributed by atoms with Crippen LogP contribution in [0.25, 0.3) is 0 Å². The maximum absolute atomic E-state index is 11.9. The lowest BCUT2D eigenvalue weighted by molar-refractivity contribution is -0.142. The average Bonchev–Trinajstić information content (AvgIpc) is 2.32. The molecular weight excluding hydrogens is 244 g/mol. The molecule has 0 N–H and O–H groups in total. The van der Waals surface area contributed by atoms with E-state index in [-0.39, 0.29) is 23.7 Å². The molecule has 0 fully saturated rings. The van der Waals surface area contributed by atoms with Crippen LogP contribution in [0.2, 0.25) is 0 Å². The van der Waals surface area contributed by atoms with E-state index >= 15 is 0 Å². The van der Waals surface area contributed by atoms with Gasteiger partial charge in [0, 0.05) is 0 Å². The van der Waals surface area contributed by atoms with E-state index in [1.807, 2.05) is 0 Å². The minimum Gasteiger partial charge on any atom is -0.463 e. The van der Waals surface area contributed by atoms with Gasteiger partial charge in [-0.25, -0.2) is 4.79 Å². The van der Waals surface area contributed by atoms with Crippen LogP contribution in [0.5, 0.6) is 0 Å². The predicted octanol–water partition coefficient (Wildman–Crippen LogP) is 2.85. The maximum atomic E-state index is 11.9. The van der Waals surface area contributed by atoms with Crippen molar-refractivity contribution in [3.8, 4) is 0 Å². The molecule has 0 spiro atoms. The van der Waals surface area contributed by atoms with Crippen LogP contribution in [-0.2, 0) is 19.1 Å². The van der Waals surface area contributed by atoms with E-state index in [1.54, 1.807) is 13.0 Å². The highest BCUT2D eigenvalue weighted by Gasteiger charge is 2.29. The summed E-state index contributed by atoms with van der Waals surface area (Å²) in [6.45, 7) is 6.66. The summed E-state index contributed by atoms with van der Waals surface area (Å²) in [7, 11) is 0. The monoisotopic (exact) mass is 268 g/mol. The summed E-state index contributed by atoms with van der Waals surface area (Å²) >= 11 is 0. The minimum absolute atomic E-state index is 0.193. The van der Waals surface area contributed by atoms with Crippen molar-refractivity contribution in [2.45, 2.75) is 53.4 Å². The van der Waals surface area contributed by atoms with Crippen molar-refractivity contribution in [2.75, 3.05) is 6.61 Å². The number of carbonyl (C=O) groups excluding carboxylic acids is 3. The van der Waals surface area contributed by atoms with Gasteiger partial charge in [-0.1, -0.05) is 25.8 Å². The highest BCUT2D eigenvalue weighted by atomic mass is 16.5. The van der Waals surface area contributed by atoms with Crippen LogP contribution in [-0.4, -0.2) is 24.1 Å². The van der Waals surface area contributed by atoms with Gasteiger partial charge in [-0.15, -0.1) is 0 Å². The first-order valence-corrected chi connectivity index (χ1v) is 6.83. The normalized spacial score (nSPS) is 11.5. The van der Waals surface area contributed by atoms with Crippen molar-refractivity contribution in [1.82, 2.24) is 0 Å². The molecule has 0 saturated carbocycles. The molecule has 0 aromatic rings. The number of Topliss-reactive ketones (excluding diaryl/α,β-unsaturated/α-hetero) is 2. The van der Waals surface area contributed by atoms with Gasteiger partial charge in [-0.2, -0.15) is 0 Å². The third-order valence-corrected chi connectivity index (χ3v) is 2.81. The number of ether oxygens (including phenoxy) is 1. The zero-order valence-corrected chi connectivity index (χ0v) is 12.3. The molecule has 19 heavy (non-hydrogen) atoms. The highest BCUT2D eigenvalue weighted by molar-refractivity contribution is 6.10. The first kappa shape index (κ1) is 17.6. The van der Waals surface area contributed by atoms with E-state index in [0.717, 1.165) is 19.3 Å². The number of esters is 1. The van der Waals surface area contributed by atoms with Gasteiger partial charge in [-0.3, -0.25) is 9.59 Å². The number of hydrogen-bond acceptors (Lipinski definition) is 4. The van der Waals surface area contributed by atoms with Crippen molar-refractivity contribution >= 4 is 17.5 Å². The molecule has 4 heteroatoms. The van der Waals surface area contributed by atoms with E-state index in [9.17, 15) is 14.4 Å². The molecular formula is C15H24O4. The van der Waals surface area contributed by atoms with Crippen LogP contribution in [0.15, 0.2) is 11.6 Å². The Morgan fingerprint density at radius 2 is 1.63 bits per heavy atom. The topological polar surface area (TPSA) is 60.4 Å². The third-order valence-electron chi connectivity index (χ3n) is 2.81. The zero-order chi connectivity index (χ0) is 14.8. The fraction of sp³-hybridized carbons (Fsp3) is 0.667. The lowest BCUT2D eigenvalue weighted by atomic mass is 9.90. The van der Waals surface area contributed by atoms with E-state index in [4.69, 9.17) is 4.74 Å². The number of ketones is 2. The van der Waals surface area contributed by atoms with Crippen LogP contribution in [0, 0.1) is 5.92 Å². The summed E-state index contributed by atoms with van der Waals surface area (Å²) in [5.74, 6) is -2.18. The molecule has 0 bridgehead atoms. The smallest absolute Gasteiger partial charge is 0.334 e. The second-order valence-electron chi connectivity index (χ2n) is 4.53. The molecule has 0 heterocycles. The van der Waals surface area contributed by atoms with Crippen molar-refractivity contribution in [2.24, 2.45) is 5.92 Å². The van der Waals surface area contributed by atoms with E-state index in [2.05, 4.69) is 6.92 Å². The molecule has 0 aliphatic heterocycles. The lowest BCUT2D eigenvalue weighted by Crippen LogP contribution is -2.27. The van der Waals surface area contributed by atoms with E-state index in [0.29, 0.717) is 6.42 Å². The molecule has 0 rings (SSSR count). The van der Waals surface area contributed by atoms with E-state index < -0.39 is 11.9 Å². The molecule has 108 valence electrons. The summed E-state index contributed by atoms with van der Waals surface area (Å²) < 4.78 is 4.93. The van der Waals surface area contributed by atoms with Gasteiger partial charge in [0.1, 0.15) is 17.5 Å². The van der Waals surface area contributed by atoms with Gasteiger partial charge < -0.3 is 4.74 Å². The molecule has 0 amide bonds. The van der Waals surface area contributed by atoms with Crippen LogP contribution < -0.4 is 0 Å². The standard InChI is InChI=1S/C15H24O4/c1-5-7-8-9-10-13(15(18)19-6-2)14(11(3)16)12(4)17/h10,14H,5-9H2,1-4H3/b13-10+. The molecule has 0 aliphatic carbocycles. The quantitative estimate of drug-likeness (QED) is 0.279. The molecule has 0 radical (unpaired) electrons. The predicted molar refractivity (Wildman–Crippen MR) is 73.7 cm³/mol. The Hall–Kier alpha value is -1.45. The Kier molecular flexibility index (Phi) is 8.75. The molecule has 0 unspecified atom stereocenters. The number of allylic oxidation sites excluding steroid dienone is 1. The van der Waals surface area contributed by atoms with Gasteiger partial charge in [0.25, 0.3) is 0 Å². The maximum Gasteiger partial charge on any atom is 0.334 e. The van der Waals surface area contributed by atoms with Gasteiger partial charge in [0.2, 0.25) is 0 Å². The summed E-state index contributed by atoms with van der Waals surface area (Å²) in [5, 5.41) is 0. The molecule has 0 aromatic heterocycles. The Labute approximate surface area is 115 Å². The molecule has 4 nitrogen and oxygen atoms in total. The van der Waals surface area contributed by atoms with Crippen molar-refractivity contribution in [3.63, 3.8) is 0 Å². The highest BCUT2D eigenvalue weighted by Crippen LogP contribution is 2.18. The van der Waals surface area contributed by atoms with Gasteiger partial charge in [0.15, 0.2) is 0 Å². The van der Waals surface area contributed by atoms with Crippen molar-refractivity contribution in [1.29, 1.82) is 0 Å². The Morgan fingerprint density at radius 1 is 1.05 bits per heavy atom. The largest absolute Gasteiger partial charge is 0.463 e. The minimum atomic E-state index is -0.985. The van der Waals surface area contributed by atoms with Crippen LogP contribution in [0.3, 0.4) is 0 Å². The molecule has 0 atom stereocenters. The Balaban J connectivity index is 5.07. The summed E-state index contributed by atoms with van der Waals surface area (Å²) in [5.41, 5.74) is 0.193. The van der Waals surface area contributed by atoms with Crippen LogP contribution >= 0.6 is 0 Å². The van der Waals surface area contributed by atoms with Gasteiger partial charge in [0.05, 0.1) is 12.2 Å². The molecule has 0 aromatic carbocycles. The number of carbonyl (C=O) groups is 3.